The highest BCUT2D eigenvalue weighted by atomic mass is 32.2. The number of aryl methyl sites for hydroxylation is 1. The van der Waals surface area contributed by atoms with Crippen LogP contribution in [0.1, 0.15) is 13.8 Å². The standard InChI is InChI=1S/C22H29N9O9S2/c1-5-29-6-7-30(16(35)15(29)34)20(39)23-12(10(2)32)14(33)24-22(40-4)18(38)31-13(17(36)37)11(8-41-19(22)31)9-42-21-25-26-27-28(21)3/h8,10,12-13,19,32H,5-7,9H2,1-4H3,(H,23,39)(H,24,33)(H,36,37)/t10-,12-,13?,19-,22-/m0/s1. The molecule has 0 spiro atoms. The predicted octanol–water partition coefficient (Wildman–Crippen LogP) is -2.84. The van der Waals surface area contributed by atoms with Gasteiger partial charge in [0.15, 0.2) is 6.04 Å². The molecule has 3 aliphatic rings. The van der Waals surface area contributed by atoms with Crippen LogP contribution in [0.15, 0.2) is 16.1 Å². The van der Waals surface area contributed by atoms with E-state index in [4.69, 9.17) is 4.74 Å². The fourth-order valence-electron chi connectivity index (χ4n) is 4.63. The molecule has 4 N–H and O–H groups in total. The number of carboxylic acids is 1. The summed E-state index contributed by atoms with van der Waals surface area (Å²) in [5.41, 5.74) is -1.63. The minimum atomic E-state index is -2.02. The molecule has 42 heavy (non-hydrogen) atoms. The Morgan fingerprint density at radius 2 is 1.98 bits per heavy atom. The van der Waals surface area contributed by atoms with Crippen molar-refractivity contribution in [3.8, 4) is 0 Å². The Kier molecular flexibility index (Phi) is 9.09. The molecule has 18 nitrogen and oxygen atoms in total. The topological polar surface area (TPSA) is 229 Å². The van der Waals surface area contributed by atoms with E-state index in [0.717, 1.165) is 23.8 Å². The fraction of sp³-hybridized carbons (Fsp3) is 0.591. The van der Waals surface area contributed by atoms with Crippen molar-refractivity contribution in [2.45, 2.75) is 48.3 Å². The van der Waals surface area contributed by atoms with Crippen LogP contribution in [0.25, 0.3) is 0 Å². The minimum absolute atomic E-state index is 0.101. The number of urea groups is 1. The van der Waals surface area contributed by atoms with Gasteiger partial charge in [0, 0.05) is 39.5 Å². The van der Waals surface area contributed by atoms with Crippen LogP contribution in [0.2, 0.25) is 0 Å². The number of likely N-dealkylation sites (N-methyl/N-ethyl adjacent to an activating group) is 1. The van der Waals surface area contributed by atoms with Crippen molar-refractivity contribution in [3.05, 3.63) is 11.0 Å². The first-order chi connectivity index (χ1) is 19.9. The number of nitrogens with one attached hydrogen (secondary N) is 2. The lowest BCUT2D eigenvalue weighted by molar-refractivity contribution is -0.202. The highest BCUT2D eigenvalue weighted by molar-refractivity contribution is 8.03. The van der Waals surface area contributed by atoms with Crippen molar-refractivity contribution in [1.82, 2.24) is 45.5 Å². The normalized spacial score (nSPS) is 25.3. The van der Waals surface area contributed by atoms with Crippen molar-refractivity contribution >= 4 is 59.2 Å². The fourth-order valence-corrected chi connectivity index (χ4v) is 6.90. The van der Waals surface area contributed by atoms with E-state index in [9.17, 15) is 39.0 Å². The van der Waals surface area contributed by atoms with Crippen LogP contribution < -0.4 is 10.6 Å². The highest BCUT2D eigenvalue weighted by Crippen LogP contribution is 2.47. The van der Waals surface area contributed by atoms with Crippen molar-refractivity contribution in [1.29, 1.82) is 0 Å². The number of piperazine rings is 1. The number of carbonyl (C=O) groups is 6. The van der Waals surface area contributed by atoms with Crippen molar-refractivity contribution in [3.63, 3.8) is 0 Å². The van der Waals surface area contributed by atoms with E-state index < -0.39 is 64.9 Å². The summed E-state index contributed by atoms with van der Waals surface area (Å²) in [4.78, 5) is 79.4. The molecule has 0 saturated carbocycles. The van der Waals surface area contributed by atoms with Crippen molar-refractivity contribution in [2.24, 2.45) is 7.05 Å². The molecule has 2 saturated heterocycles. The summed E-state index contributed by atoms with van der Waals surface area (Å²) in [6.07, 6.45) is -1.50. The average Bonchev–Trinajstić information content (AvgIpc) is 3.37. The number of hydrogen-bond donors (Lipinski definition) is 4. The number of hydrogen-bond acceptors (Lipinski definition) is 13. The Bertz CT molecular complexity index is 1340. The van der Waals surface area contributed by atoms with E-state index in [2.05, 4.69) is 26.2 Å². The number of methoxy groups -OCH3 is 1. The van der Waals surface area contributed by atoms with Crippen LogP contribution >= 0.6 is 23.5 Å². The summed E-state index contributed by atoms with van der Waals surface area (Å²) in [5.74, 6) is -5.00. The monoisotopic (exact) mass is 627 g/mol. The number of ether oxygens (including phenoxy) is 1. The zero-order chi connectivity index (χ0) is 30.9. The van der Waals surface area contributed by atoms with Crippen LogP contribution in [-0.2, 0) is 35.8 Å². The molecule has 0 aliphatic carbocycles. The molecule has 1 aromatic heterocycles. The molecular formula is C22H29N9O9S2. The zero-order valence-corrected chi connectivity index (χ0v) is 24.5. The maximum absolute atomic E-state index is 13.4. The van der Waals surface area contributed by atoms with E-state index in [1.807, 2.05) is 0 Å². The number of aliphatic hydroxyl groups excluding tert-OH is 1. The SMILES string of the molecule is CCN1CCN(C(=O)N[C@H](C(=O)N[C@]2(OC)C(=O)N3C(C(=O)O)C(CSc4nnnn4C)=CS[C@H]32)[C@H](C)O)C(=O)C1=O. The number of aliphatic hydroxyl groups is 1. The number of aromatic nitrogens is 4. The number of rotatable bonds is 10. The number of imide groups is 1. The highest BCUT2D eigenvalue weighted by Gasteiger charge is 2.67. The number of carboxylic acid groups (broad SMARTS) is 1. The number of carbonyl (C=O) groups excluding carboxylic acids is 5. The quantitative estimate of drug-likeness (QED) is 0.0887. The first-order valence-corrected chi connectivity index (χ1v) is 14.5. The second-order valence-electron chi connectivity index (χ2n) is 9.45. The van der Waals surface area contributed by atoms with Gasteiger partial charge in [0.25, 0.3) is 11.6 Å². The third-order valence-electron chi connectivity index (χ3n) is 6.92. The van der Waals surface area contributed by atoms with Crippen molar-refractivity contribution < 1.29 is 43.7 Å². The minimum Gasteiger partial charge on any atom is -0.479 e. The first-order valence-electron chi connectivity index (χ1n) is 12.6. The maximum Gasteiger partial charge on any atom is 0.330 e. The summed E-state index contributed by atoms with van der Waals surface area (Å²) >= 11 is 2.22. The molecule has 1 unspecified atom stereocenters. The third kappa shape index (κ3) is 5.41. The number of thioether (sulfide) groups is 2. The lowest BCUT2D eigenvalue weighted by Crippen LogP contribution is -2.83. The van der Waals surface area contributed by atoms with Gasteiger partial charge in [-0.1, -0.05) is 11.8 Å². The van der Waals surface area contributed by atoms with Gasteiger partial charge in [0.1, 0.15) is 11.4 Å². The average molecular weight is 628 g/mol. The van der Waals surface area contributed by atoms with E-state index in [0.29, 0.717) is 15.6 Å². The van der Waals surface area contributed by atoms with Crippen LogP contribution in [-0.4, -0.2) is 143 Å². The molecule has 228 valence electrons. The van der Waals surface area contributed by atoms with Crippen LogP contribution in [0, 0.1) is 0 Å². The lowest BCUT2D eigenvalue weighted by Gasteiger charge is -2.57. The van der Waals surface area contributed by atoms with Gasteiger partial charge in [-0.25, -0.2) is 14.3 Å². The summed E-state index contributed by atoms with van der Waals surface area (Å²) in [5, 5.41) is 37.0. The summed E-state index contributed by atoms with van der Waals surface area (Å²) in [6, 6.07) is -4.11. The van der Waals surface area contributed by atoms with Gasteiger partial charge < -0.3 is 35.4 Å². The largest absolute Gasteiger partial charge is 0.479 e. The smallest absolute Gasteiger partial charge is 0.330 e. The Labute approximate surface area is 247 Å². The molecule has 0 bridgehead atoms. The van der Waals surface area contributed by atoms with E-state index >= 15 is 0 Å². The number of amides is 6. The predicted molar refractivity (Wildman–Crippen MR) is 143 cm³/mol. The van der Waals surface area contributed by atoms with E-state index in [-0.39, 0.29) is 25.4 Å². The van der Waals surface area contributed by atoms with Gasteiger partial charge in [-0.2, -0.15) is 0 Å². The van der Waals surface area contributed by atoms with Gasteiger partial charge in [-0.15, -0.1) is 16.9 Å². The second-order valence-corrected chi connectivity index (χ2v) is 11.3. The molecule has 4 heterocycles. The Hall–Kier alpha value is -3.75. The summed E-state index contributed by atoms with van der Waals surface area (Å²) in [7, 11) is 2.77. The van der Waals surface area contributed by atoms with Crippen molar-refractivity contribution in [2.75, 3.05) is 32.5 Å². The summed E-state index contributed by atoms with van der Waals surface area (Å²) in [6.45, 7) is 3.14. The first kappa shape index (κ1) is 31.2. The molecule has 5 atom stereocenters. The maximum atomic E-state index is 13.4. The molecule has 4 rings (SSSR count). The van der Waals surface area contributed by atoms with Gasteiger partial charge in [0.05, 0.1) is 6.10 Å². The van der Waals surface area contributed by atoms with Gasteiger partial charge in [-0.3, -0.25) is 24.1 Å². The molecule has 3 aliphatic heterocycles. The molecule has 1 aromatic rings. The van der Waals surface area contributed by atoms with Crippen LogP contribution in [0.4, 0.5) is 4.79 Å². The molecule has 0 aromatic carbocycles. The van der Waals surface area contributed by atoms with Gasteiger partial charge in [-0.05, 0) is 35.3 Å². The lowest BCUT2D eigenvalue weighted by atomic mass is 9.94. The Morgan fingerprint density at radius 3 is 2.55 bits per heavy atom. The van der Waals surface area contributed by atoms with Crippen LogP contribution in [0.3, 0.4) is 0 Å². The number of fused-ring (bicyclic) bond motifs is 1. The third-order valence-corrected chi connectivity index (χ3v) is 9.26. The molecule has 2 fully saturated rings. The molecule has 20 heteroatoms. The number of β-lactam (4-membered cyclic amide) rings is 1. The number of tetrazole rings is 1. The van der Waals surface area contributed by atoms with Gasteiger partial charge >= 0.3 is 23.8 Å². The van der Waals surface area contributed by atoms with E-state index in [1.165, 1.54) is 28.3 Å². The Morgan fingerprint density at radius 1 is 1.26 bits per heavy atom. The Balaban J connectivity index is 1.49. The molecule has 0 radical (unpaired) electrons. The zero-order valence-electron chi connectivity index (χ0n) is 22.9. The molecular weight excluding hydrogens is 598 g/mol. The summed E-state index contributed by atoms with van der Waals surface area (Å²) < 4.78 is 6.83. The van der Waals surface area contributed by atoms with Gasteiger partial charge in [0.2, 0.25) is 11.1 Å². The second kappa shape index (κ2) is 12.2. The van der Waals surface area contributed by atoms with Crippen LogP contribution in [0.5, 0.6) is 0 Å². The number of nitrogens with zero attached hydrogens (tertiary/aromatic N) is 7. The van der Waals surface area contributed by atoms with E-state index in [1.54, 1.807) is 19.4 Å². The molecule has 6 amide bonds. The number of aliphatic carboxylic acids is 1.